The molecule has 160 valence electrons. The minimum atomic E-state index is -0.540. The lowest BCUT2D eigenvalue weighted by molar-refractivity contribution is -0.384. The number of carbonyl (C=O) groups is 2. The van der Waals surface area contributed by atoms with Gasteiger partial charge in [0.25, 0.3) is 11.6 Å². The number of nitro benzene ring substituents is 1. The van der Waals surface area contributed by atoms with E-state index in [1.54, 1.807) is 24.3 Å². The molecule has 0 bridgehead atoms. The average Bonchev–Trinajstić information content (AvgIpc) is 3.21. The maximum absolute atomic E-state index is 12.2. The van der Waals surface area contributed by atoms with E-state index in [2.05, 4.69) is 20.8 Å². The van der Waals surface area contributed by atoms with Gasteiger partial charge >= 0.3 is 0 Å². The van der Waals surface area contributed by atoms with Crippen LogP contribution in [-0.4, -0.2) is 39.3 Å². The Morgan fingerprint density at radius 3 is 2.45 bits per heavy atom. The molecule has 0 unspecified atom stereocenters. The first kappa shape index (κ1) is 22.2. The Kier molecular flexibility index (Phi) is 7.51. The number of benzene rings is 2. The SMILES string of the molecule is CCOc1ccc(NC(=O)CSc2nnc(NC(=O)c3ccc([N+](=O)[O-])cc3)s2)cc1. The van der Waals surface area contributed by atoms with E-state index in [0.717, 1.165) is 17.1 Å². The molecule has 2 aromatic carbocycles. The van der Waals surface area contributed by atoms with Crippen molar-refractivity contribution in [1.29, 1.82) is 0 Å². The van der Waals surface area contributed by atoms with Crippen molar-refractivity contribution in [2.75, 3.05) is 23.0 Å². The first-order valence-corrected chi connectivity index (χ1v) is 10.8. The number of amides is 2. The zero-order valence-corrected chi connectivity index (χ0v) is 17.9. The van der Waals surface area contributed by atoms with Crippen LogP contribution in [0.2, 0.25) is 0 Å². The highest BCUT2D eigenvalue weighted by molar-refractivity contribution is 8.01. The van der Waals surface area contributed by atoms with Gasteiger partial charge in [0, 0.05) is 23.4 Å². The summed E-state index contributed by atoms with van der Waals surface area (Å²) in [6.07, 6.45) is 0. The minimum Gasteiger partial charge on any atom is -0.494 e. The fourth-order valence-electron chi connectivity index (χ4n) is 2.35. The largest absolute Gasteiger partial charge is 0.494 e. The molecule has 12 heteroatoms. The maximum atomic E-state index is 12.2. The number of rotatable bonds is 9. The van der Waals surface area contributed by atoms with Crippen molar-refractivity contribution in [3.05, 3.63) is 64.2 Å². The first-order chi connectivity index (χ1) is 14.9. The predicted molar refractivity (Wildman–Crippen MR) is 118 cm³/mol. The van der Waals surface area contributed by atoms with Crippen LogP contribution in [0.15, 0.2) is 52.9 Å². The lowest BCUT2D eigenvalue weighted by Crippen LogP contribution is -2.13. The topological polar surface area (TPSA) is 136 Å². The fraction of sp³-hybridized carbons (Fsp3) is 0.158. The maximum Gasteiger partial charge on any atom is 0.269 e. The number of non-ortho nitro benzene ring substituents is 1. The Labute approximate surface area is 185 Å². The zero-order chi connectivity index (χ0) is 22.2. The van der Waals surface area contributed by atoms with Gasteiger partial charge in [-0.25, -0.2) is 0 Å². The molecular weight excluding hydrogens is 442 g/mol. The summed E-state index contributed by atoms with van der Waals surface area (Å²) < 4.78 is 5.87. The lowest BCUT2D eigenvalue weighted by Gasteiger charge is -2.06. The van der Waals surface area contributed by atoms with Crippen molar-refractivity contribution < 1.29 is 19.2 Å². The van der Waals surface area contributed by atoms with Gasteiger partial charge in [-0.2, -0.15) is 0 Å². The van der Waals surface area contributed by atoms with Crippen LogP contribution >= 0.6 is 23.1 Å². The molecule has 0 radical (unpaired) electrons. The molecule has 0 aliphatic rings. The van der Waals surface area contributed by atoms with Crippen molar-refractivity contribution in [2.24, 2.45) is 0 Å². The molecule has 2 amide bonds. The molecule has 0 saturated carbocycles. The number of aromatic nitrogens is 2. The van der Waals surface area contributed by atoms with Gasteiger partial charge in [0.2, 0.25) is 11.0 Å². The van der Waals surface area contributed by atoms with Gasteiger partial charge < -0.3 is 10.1 Å². The Bertz CT molecular complexity index is 1070. The van der Waals surface area contributed by atoms with E-state index in [9.17, 15) is 19.7 Å². The van der Waals surface area contributed by atoms with Gasteiger partial charge in [0.15, 0.2) is 4.34 Å². The molecule has 0 aliphatic carbocycles. The molecule has 1 aromatic heterocycles. The van der Waals surface area contributed by atoms with Crippen molar-refractivity contribution >= 4 is 51.4 Å². The quantitative estimate of drug-likeness (QED) is 0.213. The summed E-state index contributed by atoms with van der Waals surface area (Å²) in [5.74, 6) is 0.182. The van der Waals surface area contributed by atoms with Crippen molar-refractivity contribution in [1.82, 2.24) is 10.2 Å². The van der Waals surface area contributed by atoms with Gasteiger partial charge in [0.05, 0.1) is 17.3 Å². The summed E-state index contributed by atoms with van der Waals surface area (Å²) in [4.78, 5) is 34.5. The molecule has 0 aliphatic heterocycles. The fourth-order valence-corrected chi connectivity index (χ4v) is 3.89. The molecule has 0 spiro atoms. The predicted octanol–water partition coefficient (Wildman–Crippen LogP) is 3.83. The molecule has 2 N–H and O–H groups in total. The number of nitrogens with one attached hydrogen (secondary N) is 2. The Hall–Kier alpha value is -3.51. The van der Waals surface area contributed by atoms with Crippen LogP contribution in [0.1, 0.15) is 17.3 Å². The standard InChI is InChI=1S/C19H17N5O5S2/c1-2-29-15-9-5-13(6-10-15)20-16(25)11-30-19-23-22-18(31-19)21-17(26)12-3-7-14(8-4-12)24(27)28/h3-10H,2,11H2,1H3,(H,20,25)(H,21,22,26). The van der Waals surface area contributed by atoms with E-state index < -0.39 is 10.8 Å². The Morgan fingerprint density at radius 1 is 1.10 bits per heavy atom. The lowest BCUT2D eigenvalue weighted by atomic mass is 10.2. The molecular formula is C19H17N5O5S2. The third-order valence-electron chi connectivity index (χ3n) is 3.74. The van der Waals surface area contributed by atoms with E-state index >= 15 is 0 Å². The van der Waals surface area contributed by atoms with Crippen LogP contribution in [0.4, 0.5) is 16.5 Å². The third kappa shape index (κ3) is 6.49. The number of hydrogen-bond donors (Lipinski definition) is 2. The number of anilines is 2. The Balaban J connectivity index is 1.48. The van der Waals surface area contributed by atoms with Crippen molar-refractivity contribution in [2.45, 2.75) is 11.3 Å². The van der Waals surface area contributed by atoms with Crippen LogP contribution in [0.5, 0.6) is 5.75 Å². The summed E-state index contributed by atoms with van der Waals surface area (Å²) in [6.45, 7) is 2.47. The number of nitro groups is 1. The molecule has 0 atom stereocenters. The van der Waals surface area contributed by atoms with E-state index in [-0.39, 0.29) is 28.0 Å². The summed E-state index contributed by atoms with van der Waals surface area (Å²) in [5.41, 5.74) is 0.807. The van der Waals surface area contributed by atoms with Gasteiger partial charge in [0.1, 0.15) is 5.75 Å². The molecule has 0 saturated heterocycles. The van der Waals surface area contributed by atoms with E-state index in [0.29, 0.717) is 16.6 Å². The van der Waals surface area contributed by atoms with E-state index in [4.69, 9.17) is 4.74 Å². The number of carbonyl (C=O) groups excluding carboxylic acids is 2. The molecule has 3 aromatic rings. The normalized spacial score (nSPS) is 10.4. The highest BCUT2D eigenvalue weighted by Gasteiger charge is 2.13. The Morgan fingerprint density at radius 2 is 1.81 bits per heavy atom. The molecule has 31 heavy (non-hydrogen) atoms. The third-order valence-corrected chi connectivity index (χ3v) is 5.72. The van der Waals surface area contributed by atoms with E-state index in [1.807, 2.05) is 6.92 Å². The van der Waals surface area contributed by atoms with Crippen LogP contribution < -0.4 is 15.4 Å². The second kappa shape index (κ2) is 10.5. The summed E-state index contributed by atoms with van der Waals surface area (Å²) in [7, 11) is 0. The summed E-state index contributed by atoms with van der Waals surface area (Å²) in [5, 5.41) is 24.1. The number of hydrogen-bond acceptors (Lipinski definition) is 9. The van der Waals surface area contributed by atoms with Gasteiger partial charge in [-0.1, -0.05) is 23.1 Å². The average molecular weight is 460 g/mol. The minimum absolute atomic E-state index is 0.102. The smallest absolute Gasteiger partial charge is 0.269 e. The number of nitrogens with zero attached hydrogens (tertiary/aromatic N) is 3. The van der Waals surface area contributed by atoms with Crippen molar-refractivity contribution in [3.8, 4) is 5.75 Å². The number of ether oxygens (including phenoxy) is 1. The monoisotopic (exact) mass is 459 g/mol. The molecule has 0 fully saturated rings. The van der Waals surface area contributed by atoms with Crippen molar-refractivity contribution in [3.63, 3.8) is 0 Å². The summed E-state index contributed by atoms with van der Waals surface area (Å²) >= 11 is 2.31. The molecule has 3 rings (SSSR count). The van der Waals surface area contributed by atoms with Gasteiger partial charge in [-0.15, -0.1) is 10.2 Å². The highest BCUT2D eigenvalue weighted by atomic mass is 32.2. The van der Waals surface area contributed by atoms with Crippen LogP contribution in [0.25, 0.3) is 0 Å². The van der Waals surface area contributed by atoms with Gasteiger partial charge in [-0.3, -0.25) is 25.0 Å². The molecule has 10 nitrogen and oxygen atoms in total. The highest BCUT2D eigenvalue weighted by Crippen LogP contribution is 2.26. The molecule has 1 heterocycles. The van der Waals surface area contributed by atoms with Crippen LogP contribution in [0, 0.1) is 10.1 Å². The number of thioether (sulfide) groups is 1. The second-order valence-corrected chi connectivity index (χ2v) is 8.13. The van der Waals surface area contributed by atoms with Crippen LogP contribution in [0.3, 0.4) is 0 Å². The summed E-state index contributed by atoms with van der Waals surface area (Å²) in [6, 6.07) is 12.3. The van der Waals surface area contributed by atoms with Crippen LogP contribution in [-0.2, 0) is 4.79 Å². The van der Waals surface area contributed by atoms with E-state index in [1.165, 1.54) is 36.0 Å². The first-order valence-electron chi connectivity index (χ1n) is 8.99. The zero-order valence-electron chi connectivity index (χ0n) is 16.2. The van der Waals surface area contributed by atoms with Gasteiger partial charge in [-0.05, 0) is 43.3 Å². The second-order valence-electron chi connectivity index (χ2n) is 5.93.